The first-order valence-electron chi connectivity index (χ1n) is 4.27. The molecule has 1 aliphatic carbocycles. The fraction of sp³-hybridized carbons (Fsp3) is 0.400. The molecule has 2 rings (SSSR count). The van der Waals surface area contributed by atoms with Gasteiger partial charge in [-0.15, -0.1) is 0 Å². The second-order valence-corrected chi connectivity index (χ2v) is 3.11. The summed E-state index contributed by atoms with van der Waals surface area (Å²) in [5, 5.41) is 0. The Morgan fingerprint density at radius 1 is 1.33 bits per heavy atom. The van der Waals surface area contributed by atoms with E-state index in [2.05, 4.69) is 4.98 Å². The topological polar surface area (TPSA) is 30.0 Å². The molecule has 2 nitrogen and oxygen atoms in total. The van der Waals surface area contributed by atoms with Crippen molar-refractivity contribution in [2.75, 3.05) is 0 Å². The smallest absolute Gasteiger partial charge is 0.253 e. The summed E-state index contributed by atoms with van der Waals surface area (Å²) in [6, 6.07) is 2.01. The lowest BCUT2D eigenvalue weighted by Gasteiger charge is -2.15. The van der Waals surface area contributed by atoms with E-state index in [-0.39, 0.29) is 0 Å². The van der Waals surface area contributed by atoms with Crippen LogP contribution in [-0.2, 0) is 17.6 Å². The molecular weight excluding hydrogens is 150 g/mol. The van der Waals surface area contributed by atoms with E-state index in [0.29, 0.717) is 5.69 Å². The van der Waals surface area contributed by atoms with Crippen molar-refractivity contribution in [3.8, 4) is 0 Å². The minimum atomic E-state index is 0.521. The van der Waals surface area contributed by atoms with Gasteiger partial charge in [0.2, 0.25) is 0 Å². The van der Waals surface area contributed by atoms with Crippen LogP contribution in [0.25, 0.3) is 0 Å². The lowest BCUT2D eigenvalue weighted by Crippen LogP contribution is -2.07. The van der Waals surface area contributed by atoms with Crippen molar-refractivity contribution in [2.24, 2.45) is 0 Å². The van der Waals surface area contributed by atoms with Gasteiger partial charge in [-0.05, 0) is 42.9 Å². The lowest BCUT2D eigenvalue weighted by molar-refractivity contribution is 0.560. The molecule has 1 aromatic heterocycles. The van der Waals surface area contributed by atoms with Gasteiger partial charge in [0.25, 0.3) is 6.29 Å². The number of carbonyl (C=O) groups excluding carboxylic acids is 1. The van der Waals surface area contributed by atoms with Crippen LogP contribution in [0.3, 0.4) is 0 Å². The monoisotopic (exact) mass is 160 g/mol. The van der Waals surface area contributed by atoms with E-state index < -0.39 is 0 Å². The van der Waals surface area contributed by atoms with Gasteiger partial charge in [0, 0.05) is 6.20 Å². The number of fused-ring (bicyclic) bond motifs is 1. The van der Waals surface area contributed by atoms with Crippen LogP contribution < -0.4 is 0 Å². The highest BCUT2D eigenvalue weighted by Crippen LogP contribution is 2.21. The Hall–Kier alpha value is -1.18. The van der Waals surface area contributed by atoms with Crippen LogP contribution >= 0.6 is 0 Å². The van der Waals surface area contributed by atoms with E-state index in [1.807, 2.05) is 12.4 Å². The number of nitrogens with zero attached hydrogens (tertiary/aromatic N) is 1. The predicted molar refractivity (Wildman–Crippen MR) is 45.7 cm³/mol. The highest BCUT2D eigenvalue weighted by atomic mass is 16.1. The van der Waals surface area contributed by atoms with E-state index in [0.717, 1.165) is 18.4 Å². The first-order valence-corrected chi connectivity index (χ1v) is 4.27. The molecule has 1 aromatic rings. The van der Waals surface area contributed by atoms with Gasteiger partial charge in [-0.1, -0.05) is 0 Å². The van der Waals surface area contributed by atoms with Gasteiger partial charge < -0.3 is 0 Å². The summed E-state index contributed by atoms with van der Waals surface area (Å²) in [5.41, 5.74) is 2.93. The van der Waals surface area contributed by atoms with Gasteiger partial charge in [-0.3, -0.25) is 9.78 Å². The van der Waals surface area contributed by atoms with Crippen LogP contribution in [0.2, 0.25) is 0 Å². The highest BCUT2D eigenvalue weighted by molar-refractivity contribution is 5.75. The summed E-state index contributed by atoms with van der Waals surface area (Å²) in [7, 11) is 0. The van der Waals surface area contributed by atoms with Crippen molar-refractivity contribution < 1.29 is 4.79 Å². The molecule has 0 bridgehead atoms. The van der Waals surface area contributed by atoms with Gasteiger partial charge >= 0.3 is 0 Å². The lowest BCUT2D eigenvalue weighted by atomic mass is 9.91. The first kappa shape index (κ1) is 7.47. The second-order valence-electron chi connectivity index (χ2n) is 3.11. The van der Waals surface area contributed by atoms with Crippen LogP contribution in [0.1, 0.15) is 29.7 Å². The molecule has 0 unspecified atom stereocenters. The molecule has 0 saturated carbocycles. The SMILES string of the molecule is O=[C]c1nccc2c1CCCC2. The number of rotatable bonds is 1. The third-order valence-corrected chi connectivity index (χ3v) is 2.37. The highest BCUT2D eigenvalue weighted by Gasteiger charge is 2.13. The van der Waals surface area contributed by atoms with Crippen LogP contribution in [-0.4, -0.2) is 11.3 Å². The van der Waals surface area contributed by atoms with Crippen LogP contribution in [0.15, 0.2) is 12.3 Å². The normalized spacial score (nSPS) is 15.3. The molecule has 1 radical (unpaired) electrons. The summed E-state index contributed by atoms with van der Waals surface area (Å²) in [6.45, 7) is 0. The zero-order valence-corrected chi connectivity index (χ0v) is 6.84. The largest absolute Gasteiger partial charge is 0.283 e. The van der Waals surface area contributed by atoms with E-state index in [4.69, 9.17) is 0 Å². The molecule has 0 atom stereocenters. The van der Waals surface area contributed by atoms with Gasteiger partial charge in [0.05, 0.1) is 0 Å². The van der Waals surface area contributed by atoms with Crippen molar-refractivity contribution in [1.29, 1.82) is 0 Å². The zero-order chi connectivity index (χ0) is 8.39. The Morgan fingerprint density at radius 3 is 3.00 bits per heavy atom. The number of aryl methyl sites for hydroxylation is 1. The molecule has 12 heavy (non-hydrogen) atoms. The summed E-state index contributed by atoms with van der Waals surface area (Å²) < 4.78 is 0. The molecule has 0 saturated heterocycles. The molecular formula is C10H10NO. The molecule has 0 aromatic carbocycles. The third-order valence-electron chi connectivity index (χ3n) is 2.37. The van der Waals surface area contributed by atoms with Gasteiger partial charge in [0.15, 0.2) is 0 Å². The number of hydrogen-bond acceptors (Lipinski definition) is 2. The van der Waals surface area contributed by atoms with Crippen molar-refractivity contribution in [3.63, 3.8) is 0 Å². The van der Waals surface area contributed by atoms with E-state index in [1.54, 1.807) is 6.20 Å². The zero-order valence-electron chi connectivity index (χ0n) is 6.84. The summed E-state index contributed by atoms with van der Waals surface area (Å²) in [5.74, 6) is 0. The van der Waals surface area contributed by atoms with Crippen LogP contribution in [0.4, 0.5) is 0 Å². The summed E-state index contributed by atoms with van der Waals surface area (Å²) in [4.78, 5) is 14.5. The van der Waals surface area contributed by atoms with Crippen molar-refractivity contribution >= 4 is 6.29 Å². The molecule has 2 heteroatoms. The van der Waals surface area contributed by atoms with Crippen LogP contribution in [0.5, 0.6) is 0 Å². The minimum Gasteiger partial charge on any atom is -0.283 e. The maximum absolute atomic E-state index is 10.5. The third kappa shape index (κ3) is 1.13. The summed E-state index contributed by atoms with van der Waals surface area (Å²) in [6.07, 6.45) is 8.08. The maximum atomic E-state index is 10.5. The summed E-state index contributed by atoms with van der Waals surface area (Å²) >= 11 is 0. The van der Waals surface area contributed by atoms with E-state index in [1.165, 1.54) is 18.4 Å². The van der Waals surface area contributed by atoms with Crippen LogP contribution in [0, 0.1) is 0 Å². The number of pyridine rings is 1. The molecule has 1 aliphatic rings. The molecule has 61 valence electrons. The molecule has 0 N–H and O–H groups in total. The standard InChI is InChI=1S/C10H10NO/c12-7-10-9-4-2-1-3-8(9)5-6-11-10/h5-6H,1-4H2. The minimum absolute atomic E-state index is 0.521. The number of hydrogen-bond donors (Lipinski definition) is 0. The predicted octanol–water partition coefficient (Wildman–Crippen LogP) is 1.42. The molecule has 0 amide bonds. The Morgan fingerprint density at radius 2 is 2.17 bits per heavy atom. The fourth-order valence-electron chi connectivity index (χ4n) is 1.75. The Balaban J connectivity index is 2.51. The average molecular weight is 160 g/mol. The molecule has 0 fully saturated rings. The van der Waals surface area contributed by atoms with E-state index >= 15 is 0 Å². The molecule has 0 spiro atoms. The maximum Gasteiger partial charge on any atom is 0.253 e. The fourth-order valence-corrected chi connectivity index (χ4v) is 1.75. The quantitative estimate of drug-likeness (QED) is 0.621. The molecule has 1 heterocycles. The Kier molecular flexibility index (Phi) is 1.90. The van der Waals surface area contributed by atoms with Gasteiger partial charge in [-0.2, -0.15) is 0 Å². The Bertz CT molecular complexity index is 307. The molecule has 0 aliphatic heterocycles. The van der Waals surface area contributed by atoms with E-state index in [9.17, 15) is 4.79 Å². The van der Waals surface area contributed by atoms with Gasteiger partial charge in [0.1, 0.15) is 5.69 Å². The van der Waals surface area contributed by atoms with Crippen molar-refractivity contribution in [1.82, 2.24) is 4.98 Å². The van der Waals surface area contributed by atoms with Crippen molar-refractivity contribution in [3.05, 3.63) is 29.1 Å². The number of aromatic nitrogens is 1. The first-order chi connectivity index (χ1) is 5.92. The second kappa shape index (κ2) is 3.05. The average Bonchev–Trinajstić information content (AvgIpc) is 2.17. The van der Waals surface area contributed by atoms with Crippen molar-refractivity contribution in [2.45, 2.75) is 25.7 Å². The van der Waals surface area contributed by atoms with Gasteiger partial charge in [-0.25, -0.2) is 0 Å². The Labute approximate surface area is 71.6 Å².